The zero-order chi connectivity index (χ0) is 13.7. The van der Waals surface area contributed by atoms with Crippen LogP contribution in [0.5, 0.6) is 11.5 Å². The summed E-state index contributed by atoms with van der Waals surface area (Å²) < 4.78 is 10.4. The van der Waals surface area contributed by atoms with Crippen molar-refractivity contribution in [2.45, 2.75) is 20.0 Å². The second kappa shape index (κ2) is 6.20. The largest absolute Gasteiger partial charge is 0.493 e. The Morgan fingerprint density at radius 3 is 2.56 bits per heavy atom. The summed E-state index contributed by atoms with van der Waals surface area (Å²) in [7, 11) is 1.45. The highest BCUT2D eigenvalue weighted by atomic mass is 16.6. The molecule has 0 bridgehead atoms. The molecule has 0 radical (unpaired) electrons. The lowest BCUT2D eigenvalue weighted by molar-refractivity contribution is -0.385. The first kappa shape index (κ1) is 14.2. The summed E-state index contributed by atoms with van der Waals surface area (Å²) in [6.07, 6.45) is -0.631. The fourth-order valence-electron chi connectivity index (χ4n) is 1.26. The zero-order valence-corrected chi connectivity index (χ0v) is 10.6. The van der Waals surface area contributed by atoms with Gasteiger partial charge in [-0.3, -0.25) is 10.1 Å². The summed E-state index contributed by atoms with van der Waals surface area (Å²) in [5.41, 5.74) is -0.0789. The van der Waals surface area contributed by atoms with Gasteiger partial charge in [0.15, 0.2) is 11.5 Å². The Bertz CT molecular complexity index is 419. The maximum absolute atomic E-state index is 10.7. The first-order valence-electron chi connectivity index (χ1n) is 5.59. The SMILES string of the molecule is COc1ccc([N+](=O)[O-])cc1OCC(O)C(C)C. The molecule has 1 atom stereocenters. The maximum Gasteiger partial charge on any atom is 0.273 e. The van der Waals surface area contributed by atoms with E-state index in [4.69, 9.17) is 9.47 Å². The zero-order valence-electron chi connectivity index (χ0n) is 10.6. The van der Waals surface area contributed by atoms with E-state index in [0.29, 0.717) is 5.75 Å². The van der Waals surface area contributed by atoms with Crippen molar-refractivity contribution >= 4 is 5.69 Å². The molecule has 18 heavy (non-hydrogen) atoms. The Balaban J connectivity index is 2.84. The molecule has 0 heterocycles. The molecule has 100 valence electrons. The van der Waals surface area contributed by atoms with Crippen molar-refractivity contribution in [1.29, 1.82) is 0 Å². The van der Waals surface area contributed by atoms with E-state index < -0.39 is 11.0 Å². The quantitative estimate of drug-likeness (QED) is 0.621. The normalized spacial score (nSPS) is 12.3. The Hall–Kier alpha value is -1.82. The lowest BCUT2D eigenvalue weighted by atomic mass is 10.1. The number of nitrogens with zero attached hydrogens (tertiary/aromatic N) is 1. The van der Waals surface area contributed by atoms with Crippen molar-refractivity contribution in [2.75, 3.05) is 13.7 Å². The van der Waals surface area contributed by atoms with E-state index in [0.717, 1.165) is 0 Å². The molecule has 1 aromatic carbocycles. The van der Waals surface area contributed by atoms with Crippen LogP contribution in [0.4, 0.5) is 5.69 Å². The third kappa shape index (κ3) is 3.59. The molecule has 0 aliphatic carbocycles. The third-order valence-electron chi connectivity index (χ3n) is 2.54. The van der Waals surface area contributed by atoms with Gasteiger partial charge >= 0.3 is 0 Å². The molecule has 0 saturated carbocycles. The summed E-state index contributed by atoms with van der Waals surface area (Å²) in [6.45, 7) is 3.78. The first-order chi connectivity index (χ1) is 8.45. The van der Waals surface area contributed by atoms with Gasteiger partial charge in [-0.05, 0) is 12.0 Å². The van der Waals surface area contributed by atoms with Crippen LogP contribution in [0.25, 0.3) is 0 Å². The molecule has 6 nitrogen and oxygen atoms in total. The van der Waals surface area contributed by atoms with Crippen molar-refractivity contribution in [3.63, 3.8) is 0 Å². The molecule has 0 aliphatic heterocycles. The van der Waals surface area contributed by atoms with Crippen LogP contribution in [0.15, 0.2) is 18.2 Å². The fourth-order valence-corrected chi connectivity index (χ4v) is 1.26. The Labute approximate surface area is 105 Å². The van der Waals surface area contributed by atoms with Crippen LogP contribution in [0, 0.1) is 16.0 Å². The molecule has 1 N–H and O–H groups in total. The highest BCUT2D eigenvalue weighted by Crippen LogP contribution is 2.31. The molecule has 0 saturated heterocycles. The number of rotatable bonds is 6. The van der Waals surface area contributed by atoms with Gasteiger partial charge in [-0.2, -0.15) is 0 Å². The van der Waals surface area contributed by atoms with Crippen LogP contribution in [-0.4, -0.2) is 29.9 Å². The summed E-state index contributed by atoms with van der Waals surface area (Å²) >= 11 is 0. The minimum absolute atomic E-state index is 0.0506. The van der Waals surface area contributed by atoms with Gasteiger partial charge in [0.2, 0.25) is 0 Å². The van der Waals surface area contributed by atoms with Gasteiger partial charge in [0.1, 0.15) is 6.61 Å². The van der Waals surface area contributed by atoms with Crippen molar-refractivity contribution in [3.05, 3.63) is 28.3 Å². The predicted molar refractivity (Wildman–Crippen MR) is 66.0 cm³/mol. The van der Waals surface area contributed by atoms with Gasteiger partial charge in [-0.15, -0.1) is 0 Å². The molecule has 1 unspecified atom stereocenters. The Kier molecular flexibility index (Phi) is 4.91. The average Bonchev–Trinajstić information content (AvgIpc) is 2.35. The molecule has 0 aromatic heterocycles. The summed E-state index contributed by atoms with van der Waals surface area (Å²) in [4.78, 5) is 10.2. The molecule has 6 heteroatoms. The van der Waals surface area contributed by atoms with E-state index in [2.05, 4.69) is 0 Å². The summed E-state index contributed by atoms with van der Waals surface area (Å²) in [6, 6.07) is 4.09. The number of nitro groups is 1. The van der Waals surface area contributed by atoms with Crippen LogP contribution in [0.2, 0.25) is 0 Å². The van der Waals surface area contributed by atoms with Gasteiger partial charge < -0.3 is 14.6 Å². The number of nitro benzene ring substituents is 1. The number of methoxy groups -OCH3 is 1. The number of hydrogen-bond donors (Lipinski definition) is 1. The average molecular weight is 255 g/mol. The molecule has 1 aromatic rings. The lowest BCUT2D eigenvalue weighted by Gasteiger charge is -2.16. The van der Waals surface area contributed by atoms with E-state index in [9.17, 15) is 15.2 Å². The third-order valence-corrected chi connectivity index (χ3v) is 2.54. The Morgan fingerprint density at radius 1 is 1.39 bits per heavy atom. The molecule has 0 aliphatic rings. The van der Waals surface area contributed by atoms with E-state index in [-0.39, 0.29) is 24.0 Å². The fraction of sp³-hybridized carbons (Fsp3) is 0.500. The number of hydrogen-bond acceptors (Lipinski definition) is 5. The van der Waals surface area contributed by atoms with Gasteiger partial charge in [0, 0.05) is 6.07 Å². The van der Waals surface area contributed by atoms with Gasteiger partial charge in [0.05, 0.1) is 24.2 Å². The van der Waals surface area contributed by atoms with Crippen LogP contribution in [0.3, 0.4) is 0 Å². The second-order valence-electron chi connectivity index (χ2n) is 4.21. The summed E-state index contributed by atoms with van der Waals surface area (Å²) in [5, 5.41) is 20.3. The monoisotopic (exact) mass is 255 g/mol. The number of aliphatic hydroxyl groups is 1. The lowest BCUT2D eigenvalue weighted by Crippen LogP contribution is -2.23. The second-order valence-corrected chi connectivity index (χ2v) is 4.21. The smallest absolute Gasteiger partial charge is 0.273 e. The number of non-ortho nitro benzene ring substituents is 1. The topological polar surface area (TPSA) is 81.8 Å². The summed E-state index contributed by atoms with van der Waals surface area (Å²) in [5.74, 6) is 0.706. The van der Waals surface area contributed by atoms with E-state index in [1.807, 2.05) is 13.8 Å². The van der Waals surface area contributed by atoms with Crippen LogP contribution >= 0.6 is 0 Å². The molecule has 0 amide bonds. The molecular formula is C12H17NO5. The van der Waals surface area contributed by atoms with Crippen molar-refractivity contribution < 1.29 is 19.5 Å². The minimum Gasteiger partial charge on any atom is -0.493 e. The number of ether oxygens (including phenoxy) is 2. The van der Waals surface area contributed by atoms with Crippen LogP contribution in [-0.2, 0) is 0 Å². The van der Waals surface area contributed by atoms with Gasteiger partial charge in [-0.1, -0.05) is 13.8 Å². The van der Waals surface area contributed by atoms with E-state index in [1.165, 1.54) is 25.3 Å². The molecule has 1 rings (SSSR count). The van der Waals surface area contributed by atoms with Crippen molar-refractivity contribution in [1.82, 2.24) is 0 Å². The molecular weight excluding hydrogens is 238 g/mol. The number of aliphatic hydroxyl groups excluding tert-OH is 1. The highest BCUT2D eigenvalue weighted by Gasteiger charge is 2.15. The van der Waals surface area contributed by atoms with E-state index in [1.54, 1.807) is 0 Å². The van der Waals surface area contributed by atoms with Gasteiger partial charge in [-0.25, -0.2) is 0 Å². The van der Waals surface area contributed by atoms with Gasteiger partial charge in [0.25, 0.3) is 5.69 Å². The molecule has 0 spiro atoms. The van der Waals surface area contributed by atoms with Crippen LogP contribution in [0.1, 0.15) is 13.8 Å². The maximum atomic E-state index is 10.7. The predicted octanol–water partition coefficient (Wildman–Crippen LogP) is 2.00. The van der Waals surface area contributed by atoms with E-state index >= 15 is 0 Å². The standard InChI is InChI=1S/C12H17NO5/c1-8(2)10(14)7-18-12-6-9(13(15)16)4-5-11(12)17-3/h4-6,8,10,14H,7H2,1-3H3. The minimum atomic E-state index is -0.631. The first-order valence-corrected chi connectivity index (χ1v) is 5.59. The van der Waals surface area contributed by atoms with Crippen LogP contribution < -0.4 is 9.47 Å². The Morgan fingerprint density at radius 2 is 2.06 bits per heavy atom. The van der Waals surface area contributed by atoms with Crippen molar-refractivity contribution in [3.8, 4) is 11.5 Å². The molecule has 0 fully saturated rings. The highest BCUT2D eigenvalue weighted by molar-refractivity contribution is 5.48. The number of benzene rings is 1. The van der Waals surface area contributed by atoms with Crippen molar-refractivity contribution in [2.24, 2.45) is 5.92 Å².